The van der Waals surface area contributed by atoms with Crippen molar-refractivity contribution >= 4 is 24.5 Å². The fourth-order valence-corrected chi connectivity index (χ4v) is 4.29. The Labute approximate surface area is 208 Å². The summed E-state index contributed by atoms with van der Waals surface area (Å²) in [7, 11) is 3.20. The number of carbonyl (C=O) groups is 4. The molecule has 1 N–H and O–H groups in total. The molecule has 1 unspecified atom stereocenters. The molecule has 1 heterocycles. The number of piperidine rings is 1. The maximum atomic E-state index is 13.1. The van der Waals surface area contributed by atoms with Crippen molar-refractivity contribution in [3.8, 4) is 5.75 Å². The van der Waals surface area contributed by atoms with Gasteiger partial charge in [-0.05, 0) is 69.7 Å². The number of hydrogen-bond acceptors (Lipinski definition) is 7. The van der Waals surface area contributed by atoms with E-state index in [1.54, 1.807) is 32.2 Å². The molecule has 1 atom stereocenters. The number of aldehydes is 1. The zero-order valence-electron chi connectivity index (χ0n) is 21.2. The van der Waals surface area contributed by atoms with Crippen LogP contribution in [0.1, 0.15) is 60.9 Å². The van der Waals surface area contributed by atoms with E-state index in [-0.39, 0.29) is 18.4 Å². The predicted molar refractivity (Wildman–Crippen MR) is 132 cm³/mol. The largest absolute Gasteiger partial charge is 0.494 e. The quantitative estimate of drug-likeness (QED) is 0.298. The van der Waals surface area contributed by atoms with E-state index in [0.29, 0.717) is 36.7 Å². The summed E-state index contributed by atoms with van der Waals surface area (Å²) in [6, 6.07) is 4.10. The lowest BCUT2D eigenvalue weighted by molar-refractivity contribution is -0.131. The van der Waals surface area contributed by atoms with Crippen LogP contribution in [0.5, 0.6) is 5.75 Å². The number of ether oxygens (including phenoxy) is 2. The molecule has 0 radical (unpaired) electrons. The zero-order chi connectivity index (χ0) is 25.6. The number of benzene rings is 1. The molecular weight excluding hydrogens is 450 g/mol. The van der Waals surface area contributed by atoms with Crippen LogP contribution >= 0.6 is 0 Å². The molecule has 35 heavy (non-hydrogen) atoms. The van der Waals surface area contributed by atoms with Crippen molar-refractivity contribution in [3.63, 3.8) is 0 Å². The summed E-state index contributed by atoms with van der Waals surface area (Å²) in [6.07, 6.45) is 6.76. The summed E-state index contributed by atoms with van der Waals surface area (Å²) in [6.45, 7) is 5.54. The first-order valence-corrected chi connectivity index (χ1v) is 12.4. The predicted octanol–water partition coefficient (Wildman–Crippen LogP) is 2.35. The Kier molecular flexibility index (Phi) is 12.4. The summed E-state index contributed by atoms with van der Waals surface area (Å²) in [4.78, 5) is 51.3. The molecule has 0 bridgehead atoms. The second-order valence-electron chi connectivity index (χ2n) is 8.85. The molecule has 9 heteroatoms. The van der Waals surface area contributed by atoms with E-state index in [1.807, 2.05) is 0 Å². The number of imide groups is 1. The lowest BCUT2D eigenvalue weighted by Gasteiger charge is -2.31. The normalized spacial score (nSPS) is 15.3. The lowest BCUT2D eigenvalue weighted by Crippen LogP contribution is -2.48. The first-order valence-electron chi connectivity index (χ1n) is 12.4. The molecule has 0 aliphatic carbocycles. The number of carbonyl (C=O) groups excluding carboxylic acids is 4. The Morgan fingerprint density at radius 2 is 1.94 bits per heavy atom. The average molecular weight is 490 g/mol. The molecule has 1 fully saturated rings. The van der Waals surface area contributed by atoms with Gasteiger partial charge in [0.1, 0.15) is 18.1 Å². The number of amides is 3. The standard InChI is InChI=1S/C26H39N3O6/c1-20-9-10-22(35-17-6-4-5-13-28-14-11-21(34-3)12-15-28)18-23(20)26(33)29(19-31)24(8-7-16-30)25(32)27-2/h9-10,16,18-19,21,24H,4-8,11-15,17H2,1-3H3,(H,27,32). The van der Waals surface area contributed by atoms with Gasteiger partial charge in [-0.3, -0.25) is 19.3 Å². The number of likely N-dealkylation sites (N-methyl/N-ethyl adjacent to an activating group) is 1. The summed E-state index contributed by atoms with van der Waals surface area (Å²) >= 11 is 0. The summed E-state index contributed by atoms with van der Waals surface area (Å²) in [5.74, 6) is -0.559. The molecule has 2 rings (SSSR count). The van der Waals surface area contributed by atoms with Crippen LogP contribution in [0.25, 0.3) is 0 Å². The molecule has 1 aliphatic rings. The number of nitrogens with one attached hydrogen (secondary N) is 1. The molecule has 9 nitrogen and oxygen atoms in total. The molecular formula is C26H39N3O6. The van der Waals surface area contributed by atoms with E-state index in [2.05, 4.69) is 10.2 Å². The highest BCUT2D eigenvalue weighted by Gasteiger charge is 2.30. The third kappa shape index (κ3) is 8.74. The van der Waals surface area contributed by atoms with Crippen molar-refractivity contribution in [3.05, 3.63) is 29.3 Å². The van der Waals surface area contributed by atoms with E-state index < -0.39 is 17.9 Å². The highest BCUT2D eigenvalue weighted by atomic mass is 16.5. The highest BCUT2D eigenvalue weighted by molar-refractivity contribution is 6.04. The highest BCUT2D eigenvalue weighted by Crippen LogP contribution is 2.21. The molecule has 1 aromatic carbocycles. The van der Waals surface area contributed by atoms with Crippen molar-refractivity contribution in [2.45, 2.75) is 64.0 Å². The van der Waals surface area contributed by atoms with Crippen molar-refractivity contribution in [2.75, 3.05) is 40.4 Å². The van der Waals surface area contributed by atoms with Gasteiger partial charge in [0.05, 0.1) is 12.7 Å². The van der Waals surface area contributed by atoms with Gasteiger partial charge in [0, 0.05) is 39.2 Å². The first-order chi connectivity index (χ1) is 16.9. The van der Waals surface area contributed by atoms with E-state index in [4.69, 9.17) is 9.47 Å². The SMILES string of the molecule is CNC(=O)C(CCC=O)N(C=O)C(=O)c1cc(OCCCCCN2CCC(OC)CC2)ccc1C. The molecule has 194 valence electrons. The minimum absolute atomic E-state index is 0.0588. The van der Waals surface area contributed by atoms with Gasteiger partial charge in [-0.2, -0.15) is 0 Å². The fourth-order valence-electron chi connectivity index (χ4n) is 4.29. The van der Waals surface area contributed by atoms with Crippen LogP contribution < -0.4 is 10.1 Å². The van der Waals surface area contributed by atoms with Crippen LogP contribution in [0.3, 0.4) is 0 Å². The smallest absolute Gasteiger partial charge is 0.261 e. The topological polar surface area (TPSA) is 105 Å². The third-order valence-electron chi connectivity index (χ3n) is 6.49. The summed E-state index contributed by atoms with van der Waals surface area (Å²) in [5, 5.41) is 2.45. The summed E-state index contributed by atoms with van der Waals surface area (Å²) < 4.78 is 11.3. The van der Waals surface area contributed by atoms with E-state index >= 15 is 0 Å². The maximum absolute atomic E-state index is 13.1. The Balaban J connectivity index is 1.88. The number of unbranched alkanes of at least 4 members (excludes halogenated alkanes) is 2. The number of nitrogens with zero attached hydrogens (tertiary/aromatic N) is 2. The Morgan fingerprint density at radius 3 is 2.57 bits per heavy atom. The van der Waals surface area contributed by atoms with Crippen LogP contribution in [-0.2, 0) is 19.1 Å². The number of methoxy groups -OCH3 is 1. The first kappa shape index (κ1) is 28.5. The number of rotatable bonds is 15. The van der Waals surface area contributed by atoms with Crippen LogP contribution in [0.15, 0.2) is 18.2 Å². The van der Waals surface area contributed by atoms with Gasteiger partial charge in [-0.15, -0.1) is 0 Å². The number of likely N-dealkylation sites (tertiary alicyclic amines) is 1. The van der Waals surface area contributed by atoms with Crippen molar-refractivity contribution in [2.24, 2.45) is 0 Å². The Hall–Kier alpha value is -2.78. The second-order valence-corrected chi connectivity index (χ2v) is 8.85. The van der Waals surface area contributed by atoms with Crippen molar-refractivity contribution < 1.29 is 28.7 Å². The molecule has 0 spiro atoms. The summed E-state index contributed by atoms with van der Waals surface area (Å²) in [5.41, 5.74) is 0.951. The van der Waals surface area contributed by atoms with Gasteiger partial charge < -0.3 is 24.5 Å². The Morgan fingerprint density at radius 1 is 1.20 bits per heavy atom. The molecule has 3 amide bonds. The minimum atomic E-state index is -1.06. The Bertz CT molecular complexity index is 838. The van der Waals surface area contributed by atoms with Gasteiger partial charge in [-0.1, -0.05) is 6.07 Å². The number of hydrogen-bond donors (Lipinski definition) is 1. The van der Waals surface area contributed by atoms with Gasteiger partial charge in [0.15, 0.2) is 0 Å². The van der Waals surface area contributed by atoms with Gasteiger partial charge in [0.25, 0.3) is 5.91 Å². The van der Waals surface area contributed by atoms with Gasteiger partial charge in [-0.25, -0.2) is 0 Å². The van der Waals surface area contributed by atoms with Crippen LogP contribution in [0, 0.1) is 6.92 Å². The van der Waals surface area contributed by atoms with E-state index in [1.165, 1.54) is 7.05 Å². The molecule has 0 aromatic heterocycles. The van der Waals surface area contributed by atoms with Crippen LogP contribution in [0.4, 0.5) is 0 Å². The van der Waals surface area contributed by atoms with Crippen molar-refractivity contribution in [1.29, 1.82) is 0 Å². The molecule has 1 saturated heterocycles. The third-order valence-corrected chi connectivity index (χ3v) is 6.49. The monoisotopic (exact) mass is 489 g/mol. The van der Waals surface area contributed by atoms with E-state index in [9.17, 15) is 19.2 Å². The minimum Gasteiger partial charge on any atom is -0.494 e. The molecule has 0 saturated carbocycles. The molecule has 1 aliphatic heterocycles. The van der Waals surface area contributed by atoms with Crippen LogP contribution in [-0.4, -0.2) is 86.9 Å². The number of aryl methyl sites for hydroxylation is 1. The van der Waals surface area contributed by atoms with E-state index in [0.717, 1.165) is 56.6 Å². The molecule has 1 aromatic rings. The fraction of sp³-hybridized carbons (Fsp3) is 0.615. The van der Waals surface area contributed by atoms with Crippen LogP contribution in [0.2, 0.25) is 0 Å². The van der Waals surface area contributed by atoms with Gasteiger partial charge >= 0.3 is 0 Å². The second kappa shape index (κ2) is 15.3. The van der Waals surface area contributed by atoms with Gasteiger partial charge in [0.2, 0.25) is 12.3 Å². The van der Waals surface area contributed by atoms with Crippen molar-refractivity contribution in [1.82, 2.24) is 15.1 Å². The average Bonchev–Trinajstić information content (AvgIpc) is 2.89. The zero-order valence-corrected chi connectivity index (χ0v) is 21.2. The maximum Gasteiger partial charge on any atom is 0.261 e. The lowest BCUT2D eigenvalue weighted by atomic mass is 10.0.